The monoisotopic (exact) mass is 297 g/mol. The van der Waals surface area contributed by atoms with E-state index in [0.29, 0.717) is 26.3 Å². The van der Waals surface area contributed by atoms with Crippen molar-refractivity contribution < 1.29 is 23.0 Å². The molecule has 0 saturated carbocycles. The molecule has 0 bridgehead atoms. The smallest absolute Gasteiger partial charge is 0.256 e. The molecular weight excluding hydrogens is 280 g/mol. The lowest BCUT2D eigenvalue weighted by molar-refractivity contribution is -0.0956. The first-order chi connectivity index (χ1) is 10.1. The molecular formula is C15H17F2NO3. The van der Waals surface area contributed by atoms with Crippen molar-refractivity contribution in [1.82, 2.24) is 4.90 Å². The lowest BCUT2D eigenvalue weighted by Gasteiger charge is -2.33. The van der Waals surface area contributed by atoms with Crippen LogP contribution in [0.2, 0.25) is 0 Å². The van der Waals surface area contributed by atoms with Gasteiger partial charge in [-0.15, -0.1) is 0 Å². The van der Waals surface area contributed by atoms with Crippen molar-refractivity contribution in [3.8, 4) is 0 Å². The predicted molar refractivity (Wildman–Crippen MR) is 70.7 cm³/mol. The summed E-state index contributed by atoms with van der Waals surface area (Å²) in [5, 5.41) is 0. The van der Waals surface area contributed by atoms with Crippen molar-refractivity contribution in [2.45, 2.75) is 19.1 Å². The molecule has 1 aromatic carbocycles. The van der Waals surface area contributed by atoms with Crippen LogP contribution in [-0.4, -0.2) is 43.4 Å². The first-order valence-corrected chi connectivity index (χ1v) is 7.12. The molecule has 2 saturated heterocycles. The minimum absolute atomic E-state index is 0.187. The molecule has 4 nitrogen and oxygen atoms in total. The number of benzene rings is 1. The van der Waals surface area contributed by atoms with Crippen LogP contribution in [0.3, 0.4) is 0 Å². The van der Waals surface area contributed by atoms with Crippen molar-refractivity contribution in [2.75, 3.05) is 26.3 Å². The quantitative estimate of drug-likeness (QED) is 0.840. The Morgan fingerprint density at radius 1 is 1.14 bits per heavy atom. The van der Waals surface area contributed by atoms with Gasteiger partial charge in [0.25, 0.3) is 5.91 Å². The van der Waals surface area contributed by atoms with Crippen LogP contribution in [0.1, 0.15) is 23.2 Å². The van der Waals surface area contributed by atoms with Gasteiger partial charge in [0.05, 0.1) is 18.8 Å². The van der Waals surface area contributed by atoms with E-state index >= 15 is 0 Å². The maximum atomic E-state index is 13.6. The Morgan fingerprint density at radius 2 is 1.81 bits per heavy atom. The van der Waals surface area contributed by atoms with Crippen LogP contribution >= 0.6 is 0 Å². The number of ether oxygens (including phenoxy) is 2. The largest absolute Gasteiger partial charge is 0.350 e. The fourth-order valence-corrected chi connectivity index (χ4v) is 2.86. The number of amides is 1. The molecule has 1 aromatic rings. The molecule has 2 heterocycles. The molecule has 0 spiro atoms. The zero-order valence-electron chi connectivity index (χ0n) is 11.6. The average molecular weight is 297 g/mol. The molecule has 1 amide bonds. The maximum absolute atomic E-state index is 13.6. The van der Waals surface area contributed by atoms with E-state index in [1.807, 2.05) is 0 Å². The third-order valence-electron chi connectivity index (χ3n) is 4.02. The third kappa shape index (κ3) is 3.06. The zero-order valence-corrected chi connectivity index (χ0v) is 11.6. The van der Waals surface area contributed by atoms with Gasteiger partial charge in [0, 0.05) is 19.0 Å². The van der Waals surface area contributed by atoms with Gasteiger partial charge >= 0.3 is 0 Å². The molecule has 0 unspecified atom stereocenters. The Morgan fingerprint density at radius 3 is 2.48 bits per heavy atom. The molecule has 21 heavy (non-hydrogen) atoms. The van der Waals surface area contributed by atoms with Gasteiger partial charge in [-0.3, -0.25) is 4.79 Å². The van der Waals surface area contributed by atoms with Gasteiger partial charge in [-0.2, -0.15) is 0 Å². The Kier molecular flexibility index (Phi) is 4.17. The molecule has 6 heteroatoms. The van der Waals surface area contributed by atoms with Gasteiger partial charge in [-0.05, 0) is 31.0 Å². The summed E-state index contributed by atoms with van der Waals surface area (Å²) < 4.78 is 37.8. The summed E-state index contributed by atoms with van der Waals surface area (Å²) >= 11 is 0. The van der Waals surface area contributed by atoms with Crippen LogP contribution in [-0.2, 0) is 9.47 Å². The van der Waals surface area contributed by atoms with Crippen molar-refractivity contribution in [3.63, 3.8) is 0 Å². The van der Waals surface area contributed by atoms with Crippen LogP contribution in [0.25, 0.3) is 0 Å². The Hall–Kier alpha value is -1.53. The van der Waals surface area contributed by atoms with Gasteiger partial charge in [0.1, 0.15) is 11.6 Å². The van der Waals surface area contributed by atoms with Gasteiger partial charge in [0.2, 0.25) is 0 Å². The van der Waals surface area contributed by atoms with E-state index < -0.39 is 17.5 Å². The number of hydrogen-bond donors (Lipinski definition) is 0. The van der Waals surface area contributed by atoms with E-state index in [-0.39, 0.29) is 17.8 Å². The molecule has 0 atom stereocenters. The summed E-state index contributed by atoms with van der Waals surface area (Å²) in [5.74, 6) is -1.50. The first kappa shape index (κ1) is 14.4. The molecule has 0 aliphatic carbocycles. The molecule has 2 fully saturated rings. The highest BCUT2D eigenvalue weighted by Gasteiger charge is 2.32. The Bertz CT molecular complexity index is 524. The molecule has 2 aliphatic rings. The van der Waals surface area contributed by atoms with Crippen molar-refractivity contribution >= 4 is 5.91 Å². The maximum Gasteiger partial charge on any atom is 0.256 e. The highest BCUT2D eigenvalue weighted by atomic mass is 19.1. The lowest BCUT2D eigenvalue weighted by Crippen LogP contribution is -2.41. The van der Waals surface area contributed by atoms with Crippen molar-refractivity contribution in [2.24, 2.45) is 5.92 Å². The van der Waals surface area contributed by atoms with Crippen LogP contribution < -0.4 is 0 Å². The standard InChI is InChI=1S/C15H17F2NO3/c16-11-1-2-13(17)12(9-11)14(19)18-5-3-10(4-6-18)15-20-7-8-21-15/h1-2,9-10,15H,3-8H2. The topological polar surface area (TPSA) is 38.8 Å². The van der Waals surface area contributed by atoms with E-state index in [4.69, 9.17) is 9.47 Å². The average Bonchev–Trinajstić information content (AvgIpc) is 3.03. The second kappa shape index (κ2) is 6.07. The number of nitrogens with zero attached hydrogens (tertiary/aromatic N) is 1. The summed E-state index contributed by atoms with van der Waals surface area (Å²) in [6, 6.07) is 2.94. The second-order valence-electron chi connectivity index (χ2n) is 5.36. The predicted octanol–water partition coefficient (Wildman–Crippen LogP) is 2.19. The normalized spacial score (nSPS) is 21.0. The third-order valence-corrected chi connectivity index (χ3v) is 4.02. The summed E-state index contributed by atoms with van der Waals surface area (Å²) in [6.07, 6.45) is 1.30. The van der Waals surface area contributed by atoms with Crippen LogP contribution in [0.4, 0.5) is 8.78 Å². The number of likely N-dealkylation sites (tertiary alicyclic amines) is 1. The number of carbonyl (C=O) groups excluding carboxylic acids is 1. The SMILES string of the molecule is O=C(c1cc(F)ccc1F)N1CCC(C2OCCO2)CC1. The number of carbonyl (C=O) groups is 1. The molecule has 0 aromatic heterocycles. The van der Waals surface area contributed by atoms with Gasteiger partial charge < -0.3 is 14.4 Å². The Labute approximate surface area is 121 Å². The van der Waals surface area contributed by atoms with Crippen molar-refractivity contribution in [3.05, 3.63) is 35.4 Å². The number of rotatable bonds is 2. The highest BCUT2D eigenvalue weighted by Crippen LogP contribution is 2.26. The van der Waals surface area contributed by atoms with Crippen LogP contribution in [0, 0.1) is 17.6 Å². The minimum atomic E-state index is -0.689. The van der Waals surface area contributed by atoms with Gasteiger partial charge in [-0.25, -0.2) is 8.78 Å². The molecule has 0 radical (unpaired) electrons. The van der Waals surface area contributed by atoms with E-state index in [2.05, 4.69) is 0 Å². The zero-order chi connectivity index (χ0) is 14.8. The summed E-state index contributed by atoms with van der Waals surface area (Å²) in [7, 11) is 0. The van der Waals surface area contributed by atoms with E-state index in [1.54, 1.807) is 4.90 Å². The van der Waals surface area contributed by atoms with Gasteiger partial charge in [0.15, 0.2) is 6.29 Å². The summed E-state index contributed by atoms with van der Waals surface area (Å²) in [5.41, 5.74) is -0.207. The van der Waals surface area contributed by atoms with Crippen LogP contribution in [0.15, 0.2) is 18.2 Å². The molecule has 0 N–H and O–H groups in total. The summed E-state index contributed by atoms with van der Waals surface area (Å²) in [6.45, 7) is 2.22. The number of hydrogen-bond acceptors (Lipinski definition) is 3. The molecule has 2 aliphatic heterocycles. The second-order valence-corrected chi connectivity index (χ2v) is 5.36. The highest BCUT2D eigenvalue weighted by molar-refractivity contribution is 5.94. The fraction of sp³-hybridized carbons (Fsp3) is 0.533. The van der Waals surface area contributed by atoms with Crippen molar-refractivity contribution in [1.29, 1.82) is 0 Å². The molecule has 3 rings (SSSR count). The first-order valence-electron chi connectivity index (χ1n) is 7.12. The minimum Gasteiger partial charge on any atom is -0.350 e. The Balaban J connectivity index is 1.63. The van der Waals surface area contributed by atoms with Gasteiger partial charge in [-0.1, -0.05) is 0 Å². The number of piperidine rings is 1. The lowest BCUT2D eigenvalue weighted by atomic mass is 9.95. The fourth-order valence-electron chi connectivity index (χ4n) is 2.86. The van der Waals surface area contributed by atoms with E-state index in [0.717, 1.165) is 31.0 Å². The van der Waals surface area contributed by atoms with E-state index in [1.165, 1.54) is 0 Å². The number of halogens is 2. The summed E-state index contributed by atoms with van der Waals surface area (Å²) in [4.78, 5) is 13.8. The molecule has 114 valence electrons. The van der Waals surface area contributed by atoms with Crippen LogP contribution in [0.5, 0.6) is 0 Å². The van der Waals surface area contributed by atoms with E-state index in [9.17, 15) is 13.6 Å².